The van der Waals surface area contributed by atoms with E-state index in [1.165, 1.54) is 12.8 Å². The van der Waals surface area contributed by atoms with Crippen LogP contribution in [-0.2, 0) is 9.59 Å². The molecule has 1 unspecified atom stereocenters. The molecule has 0 bridgehead atoms. The molecule has 2 saturated heterocycles. The van der Waals surface area contributed by atoms with Crippen molar-refractivity contribution >= 4 is 11.8 Å². The smallest absolute Gasteiger partial charge is 0.246 e. The van der Waals surface area contributed by atoms with Crippen molar-refractivity contribution in [1.82, 2.24) is 15.1 Å². The highest BCUT2D eigenvalue weighted by Crippen LogP contribution is 2.14. The maximum absolute atomic E-state index is 12.5. The van der Waals surface area contributed by atoms with Gasteiger partial charge in [0.15, 0.2) is 0 Å². The van der Waals surface area contributed by atoms with E-state index in [1.54, 1.807) is 11.8 Å². The van der Waals surface area contributed by atoms with Crippen molar-refractivity contribution in [3.05, 3.63) is 0 Å². The third-order valence-corrected chi connectivity index (χ3v) is 3.85. The third-order valence-electron chi connectivity index (χ3n) is 3.85. The summed E-state index contributed by atoms with van der Waals surface area (Å²) in [4.78, 5) is 27.8. The van der Waals surface area contributed by atoms with Crippen molar-refractivity contribution in [3.8, 4) is 0 Å². The predicted molar refractivity (Wildman–Crippen MR) is 69.1 cm³/mol. The molecule has 1 atom stereocenters. The van der Waals surface area contributed by atoms with Crippen LogP contribution in [0.15, 0.2) is 0 Å². The summed E-state index contributed by atoms with van der Waals surface area (Å²) in [6.07, 6.45) is 4.60. The molecule has 18 heavy (non-hydrogen) atoms. The van der Waals surface area contributed by atoms with E-state index in [0.29, 0.717) is 13.1 Å². The Hall–Kier alpha value is -1.10. The van der Waals surface area contributed by atoms with Gasteiger partial charge < -0.3 is 15.1 Å². The van der Waals surface area contributed by atoms with Crippen molar-refractivity contribution in [1.29, 1.82) is 0 Å². The second-order valence-corrected chi connectivity index (χ2v) is 5.17. The lowest BCUT2D eigenvalue weighted by Gasteiger charge is -2.37. The van der Waals surface area contributed by atoms with Crippen LogP contribution in [0.25, 0.3) is 0 Å². The van der Waals surface area contributed by atoms with Crippen LogP contribution in [0.5, 0.6) is 0 Å². The first-order valence-electron chi connectivity index (χ1n) is 6.97. The molecule has 5 nitrogen and oxygen atoms in total. The number of carbonyl (C=O) groups is 2. The number of nitrogens with zero attached hydrogens (tertiary/aromatic N) is 2. The molecule has 0 aromatic carbocycles. The van der Waals surface area contributed by atoms with Gasteiger partial charge in [-0.25, -0.2) is 0 Å². The van der Waals surface area contributed by atoms with Gasteiger partial charge >= 0.3 is 0 Å². The number of hydrogen-bond donors (Lipinski definition) is 1. The van der Waals surface area contributed by atoms with Crippen molar-refractivity contribution in [3.63, 3.8) is 0 Å². The molecular formula is C13H23N3O2. The van der Waals surface area contributed by atoms with Crippen LogP contribution in [0.3, 0.4) is 0 Å². The lowest BCUT2D eigenvalue weighted by atomic mass is 10.1. The van der Waals surface area contributed by atoms with Gasteiger partial charge in [0.05, 0.1) is 0 Å². The lowest BCUT2D eigenvalue weighted by molar-refractivity contribution is -0.145. The van der Waals surface area contributed by atoms with Gasteiger partial charge in [-0.05, 0) is 12.8 Å². The predicted octanol–water partition coefficient (Wildman–Crippen LogP) is 0.209. The number of nitrogens with one attached hydrogen (secondary N) is 1. The Labute approximate surface area is 108 Å². The largest absolute Gasteiger partial charge is 0.341 e. The fourth-order valence-corrected chi connectivity index (χ4v) is 2.80. The molecule has 0 aromatic heterocycles. The lowest BCUT2D eigenvalue weighted by Crippen LogP contribution is -2.59. The number of likely N-dealkylation sites (tertiary alicyclic amines) is 1. The molecule has 2 rings (SSSR count). The molecule has 0 spiro atoms. The number of hydrogen-bond acceptors (Lipinski definition) is 3. The molecule has 2 fully saturated rings. The molecule has 0 saturated carbocycles. The monoisotopic (exact) mass is 253 g/mol. The summed E-state index contributed by atoms with van der Waals surface area (Å²) in [5, 5.41) is 3.21. The van der Waals surface area contributed by atoms with E-state index in [1.807, 2.05) is 4.90 Å². The summed E-state index contributed by atoms with van der Waals surface area (Å²) in [7, 11) is 0. The van der Waals surface area contributed by atoms with Gasteiger partial charge in [-0.15, -0.1) is 0 Å². The minimum atomic E-state index is -0.297. The van der Waals surface area contributed by atoms with Gasteiger partial charge in [0.2, 0.25) is 11.8 Å². The zero-order chi connectivity index (χ0) is 13.0. The molecule has 0 radical (unpaired) electrons. The van der Waals surface area contributed by atoms with Crippen molar-refractivity contribution in [2.75, 3.05) is 32.7 Å². The fraction of sp³-hybridized carbons (Fsp3) is 0.846. The minimum Gasteiger partial charge on any atom is -0.341 e. The average molecular weight is 253 g/mol. The highest BCUT2D eigenvalue weighted by atomic mass is 16.2. The van der Waals surface area contributed by atoms with Crippen LogP contribution in [0.2, 0.25) is 0 Å². The normalized spacial score (nSPS) is 25.7. The molecule has 2 amide bonds. The molecule has 1 N–H and O–H groups in total. The van der Waals surface area contributed by atoms with E-state index in [-0.39, 0.29) is 17.9 Å². The Morgan fingerprint density at radius 3 is 2.33 bits per heavy atom. The first kappa shape index (κ1) is 13.3. The zero-order valence-corrected chi connectivity index (χ0v) is 11.2. The van der Waals surface area contributed by atoms with Crippen molar-refractivity contribution in [2.24, 2.45) is 0 Å². The molecule has 0 aliphatic carbocycles. The number of rotatable bonds is 1. The Bertz CT molecular complexity index is 311. The first-order chi connectivity index (χ1) is 8.70. The highest BCUT2D eigenvalue weighted by Gasteiger charge is 2.33. The van der Waals surface area contributed by atoms with Crippen molar-refractivity contribution < 1.29 is 9.59 Å². The summed E-state index contributed by atoms with van der Waals surface area (Å²) in [5.41, 5.74) is 0. The van der Waals surface area contributed by atoms with Gasteiger partial charge in [0, 0.05) is 39.6 Å². The molecule has 2 aliphatic heterocycles. The second kappa shape index (κ2) is 6.18. The van der Waals surface area contributed by atoms with Crippen LogP contribution in [-0.4, -0.2) is 60.4 Å². The Morgan fingerprint density at radius 1 is 1.06 bits per heavy atom. The Morgan fingerprint density at radius 2 is 1.72 bits per heavy atom. The molecule has 0 aromatic rings. The summed E-state index contributed by atoms with van der Waals surface area (Å²) in [6, 6.07) is -0.297. The molecule has 2 heterocycles. The quantitative estimate of drug-likeness (QED) is 0.727. The van der Waals surface area contributed by atoms with Gasteiger partial charge in [-0.2, -0.15) is 0 Å². The summed E-state index contributed by atoms with van der Waals surface area (Å²) in [6.45, 7) is 5.26. The third kappa shape index (κ3) is 3.02. The van der Waals surface area contributed by atoms with Crippen LogP contribution < -0.4 is 5.32 Å². The first-order valence-corrected chi connectivity index (χ1v) is 6.97. The molecule has 5 heteroatoms. The van der Waals surface area contributed by atoms with Gasteiger partial charge in [-0.3, -0.25) is 9.59 Å². The minimum absolute atomic E-state index is 0.00433. The average Bonchev–Trinajstić information content (AvgIpc) is 2.66. The highest BCUT2D eigenvalue weighted by molar-refractivity contribution is 5.87. The van der Waals surface area contributed by atoms with E-state index in [2.05, 4.69) is 5.32 Å². The summed E-state index contributed by atoms with van der Waals surface area (Å²) in [5.74, 6) is 0.129. The molecular weight excluding hydrogens is 230 g/mol. The maximum Gasteiger partial charge on any atom is 0.246 e. The van der Waals surface area contributed by atoms with E-state index in [9.17, 15) is 9.59 Å². The Balaban J connectivity index is 2.02. The summed E-state index contributed by atoms with van der Waals surface area (Å²) >= 11 is 0. The van der Waals surface area contributed by atoms with Gasteiger partial charge in [-0.1, -0.05) is 12.8 Å². The second-order valence-electron chi connectivity index (χ2n) is 5.17. The van der Waals surface area contributed by atoms with E-state index < -0.39 is 0 Å². The van der Waals surface area contributed by atoms with Gasteiger partial charge in [0.25, 0.3) is 0 Å². The summed E-state index contributed by atoms with van der Waals surface area (Å²) < 4.78 is 0. The molecule has 2 aliphatic rings. The maximum atomic E-state index is 12.5. The van der Waals surface area contributed by atoms with Crippen LogP contribution >= 0.6 is 0 Å². The van der Waals surface area contributed by atoms with Crippen molar-refractivity contribution in [2.45, 2.75) is 38.6 Å². The number of carbonyl (C=O) groups excluding carboxylic acids is 2. The van der Waals surface area contributed by atoms with Crippen LogP contribution in [0, 0.1) is 0 Å². The fourth-order valence-electron chi connectivity index (χ4n) is 2.80. The Kier molecular flexibility index (Phi) is 4.58. The number of amides is 2. The van der Waals surface area contributed by atoms with Crippen LogP contribution in [0.4, 0.5) is 0 Å². The van der Waals surface area contributed by atoms with Gasteiger partial charge in [0.1, 0.15) is 6.04 Å². The van der Waals surface area contributed by atoms with E-state index in [4.69, 9.17) is 0 Å². The standard InChI is InChI=1S/C13H23N3O2/c1-11(17)16-9-6-14-10-12(16)13(18)15-7-4-2-3-5-8-15/h12,14H,2-10H2,1H3. The zero-order valence-electron chi connectivity index (χ0n) is 11.2. The number of piperazine rings is 1. The molecule has 102 valence electrons. The van der Waals surface area contributed by atoms with E-state index in [0.717, 1.165) is 32.5 Å². The topological polar surface area (TPSA) is 52.7 Å². The SMILES string of the molecule is CC(=O)N1CCNCC1C(=O)N1CCCCCC1. The van der Waals surface area contributed by atoms with E-state index >= 15 is 0 Å². The van der Waals surface area contributed by atoms with Crippen LogP contribution in [0.1, 0.15) is 32.6 Å².